The molecule has 5 nitrogen and oxygen atoms in total. The number of amides is 2. The van der Waals surface area contributed by atoms with Crippen molar-refractivity contribution in [3.63, 3.8) is 0 Å². The lowest BCUT2D eigenvalue weighted by Gasteiger charge is -2.17. The third-order valence-corrected chi connectivity index (χ3v) is 2.11. The first kappa shape index (κ1) is 9.98. The number of halogens is 1. The van der Waals surface area contributed by atoms with Crippen molar-refractivity contribution in [3.05, 3.63) is 0 Å². The van der Waals surface area contributed by atoms with Crippen LogP contribution < -0.4 is 0 Å². The van der Waals surface area contributed by atoms with Gasteiger partial charge in [-0.25, -0.2) is 4.79 Å². The number of hydrogen-bond donors (Lipinski definition) is 1. The van der Waals surface area contributed by atoms with Gasteiger partial charge in [0, 0.05) is 6.42 Å². The summed E-state index contributed by atoms with van der Waals surface area (Å²) in [6.07, 6.45) is 0.274. The molecule has 1 saturated heterocycles. The number of hydrogen-bond acceptors (Lipinski definition) is 3. The van der Waals surface area contributed by atoms with Gasteiger partial charge < -0.3 is 5.11 Å². The van der Waals surface area contributed by atoms with Gasteiger partial charge in [0.05, 0.1) is 0 Å². The van der Waals surface area contributed by atoms with Gasteiger partial charge in [0.1, 0.15) is 11.9 Å². The van der Waals surface area contributed by atoms with Crippen molar-refractivity contribution in [2.45, 2.75) is 18.9 Å². The molecule has 0 bridgehead atoms. The summed E-state index contributed by atoms with van der Waals surface area (Å²) >= 11 is 5.23. The normalized spacial score (nSPS) is 22.1. The van der Waals surface area contributed by atoms with Crippen molar-refractivity contribution >= 4 is 29.4 Å². The molecule has 1 heterocycles. The maximum absolute atomic E-state index is 11.1. The molecule has 72 valence electrons. The molecule has 0 aromatic carbocycles. The molecule has 1 atom stereocenters. The summed E-state index contributed by atoms with van der Waals surface area (Å²) in [6.45, 7) is 0. The maximum Gasteiger partial charge on any atom is 0.326 e. The van der Waals surface area contributed by atoms with Gasteiger partial charge in [-0.05, 0) is 6.42 Å². The van der Waals surface area contributed by atoms with E-state index in [4.69, 9.17) is 16.7 Å². The highest BCUT2D eigenvalue weighted by Gasteiger charge is 2.39. The van der Waals surface area contributed by atoms with Crippen LogP contribution in [-0.2, 0) is 14.4 Å². The zero-order valence-corrected chi connectivity index (χ0v) is 7.45. The number of rotatable bonds is 2. The summed E-state index contributed by atoms with van der Waals surface area (Å²) in [7, 11) is 0. The lowest BCUT2D eigenvalue weighted by Crippen LogP contribution is -2.43. The molecule has 1 aliphatic rings. The van der Waals surface area contributed by atoms with E-state index >= 15 is 0 Å². The average Bonchev–Trinajstić information content (AvgIpc) is 2.46. The van der Waals surface area contributed by atoms with Crippen LogP contribution in [0.4, 0.5) is 0 Å². The van der Waals surface area contributed by atoms with E-state index in [0.29, 0.717) is 0 Å². The summed E-state index contributed by atoms with van der Waals surface area (Å²) in [5, 5.41) is 8.66. The number of carboxylic acid groups (broad SMARTS) is 1. The average molecular weight is 206 g/mol. The minimum atomic E-state index is -1.16. The molecule has 1 N–H and O–H groups in total. The summed E-state index contributed by atoms with van der Waals surface area (Å²) < 4.78 is 0. The number of aliphatic carboxylic acids is 1. The Labute approximate surface area is 79.3 Å². The van der Waals surface area contributed by atoms with E-state index in [0.717, 1.165) is 4.90 Å². The topological polar surface area (TPSA) is 74.7 Å². The van der Waals surface area contributed by atoms with E-state index < -0.39 is 23.8 Å². The van der Waals surface area contributed by atoms with E-state index in [1.807, 2.05) is 0 Å². The van der Waals surface area contributed by atoms with Gasteiger partial charge >= 0.3 is 5.97 Å². The third-order valence-electron chi connectivity index (χ3n) is 1.88. The van der Waals surface area contributed by atoms with E-state index in [-0.39, 0.29) is 18.7 Å². The molecular weight excluding hydrogens is 198 g/mol. The van der Waals surface area contributed by atoms with Crippen LogP contribution in [0.5, 0.6) is 0 Å². The van der Waals surface area contributed by atoms with Gasteiger partial charge in [-0.1, -0.05) is 0 Å². The van der Waals surface area contributed by atoms with Gasteiger partial charge in [0.25, 0.3) is 0 Å². The molecule has 0 unspecified atom stereocenters. The quantitative estimate of drug-likeness (QED) is 0.635. The molecule has 0 saturated carbocycles. The lowest BCUT2D eigenvalue weighted by molar-refractivity contribution is -0.152. The lowest BCUT2D eigenvalue weighted by atomic mass is 10.2. The van der Waals surface area contributed by atoms with Crippen LogP contribution in [0.3, 0.4) is 0 Å². The number of carbonyl (C=O) groups excluding carboxylic acids is 2. The monoisotopic (exact) mass is 205 g/mol. The zero-order valence-electron chi connectivity index (χ0n) is 6.70. The van der Waals surface area contributed by atoms with E-state index in [1.54, 1.807) is 0 Å². The number of imide groups is 1. The predicted octanol–water partition coefficient (Wildman–Crippen LogP) is -0.173. The summed E-state index contributed by atoms with van der Waals surface area (Å²) in [5.74, 6) is -2.63. The Hall–Kier alpha value is -1.10. The number of likely N-dealkylation sites (tertiary alicyclic amines) is 1. The van der Waals surface area contributed by atoms with Crippen molar-refractivity contribution in [2.24, 2.45) is 0 Å². The summed E-state index contributed by atoms with van der Waals surface area (Å²) in [4.78, 5) is 33.4. The fraction of sp³-hybridized carbons (Fsp3) is 0.571. The molecule has 1 rings (SSSR count). The Bertz CT molecular complexity index is 265. The zero-order chi connectivity index (χ0) is 10.0. The van der Waals surface area contributed by atoms with Crippen molar-refractivity contribution in [1.29, 1.82) is 0 Å². The highest BCUT2D eigenvalue weighted by atomic mass is 35.5. The largest absolute Gasteiger partial charge is 0.480 e. The minimum Gasteiger partial charge on any atom is -0.480 e. The highest BCUT2D eigenvalue weighted by molar-refractivity contribution is 6.28. The first-order valence-corrected chi connectivity index (χ1v) is 4.25. The van der Waals surface area contributed by atoms with Gasteiger partial charge in [-0.2, -0.15) is 0 Å². The second-order valence-electron chi connectivity index (χ2n) is 2.68. The van der Waals surface area contributed by atoms with E-state index in [9.17, 15) is 14.4 Å². The highest BCUT2D eigenvalue weighted by Crippen LogP contribution is 2.19. The molecule has 0 aliphatic carbocycles. The van der Waals surface area contributed by atoms with Gasteiger partial charge in [-0.15, -0.1) is 11.6 Å². The molecule has 1 aliphatic heterocycles. The molecule has 1 fully saturated rings. The van der Waals surface area contributed by atoms with Crippen LogP contribution in [0.25, 0.3) is 0 Å². The van der Waals surface area contributed by atoms with Crippen LogP contribution >= 0.6 is 11.6 Å². The van der Waals surface area contributed by atoms with Crippen LogP contribution in [0.2, 0.25) is 0 Å². The van der Waals surface area contributed by atoms with Crippen molar-refractivity contribution in [3.8, 4) is 0 Å². The van der Waals surface area contributed by atoms with Crippen molar-refractivity contribution < 1.29 is 19.5 Å². The molecule has 0 spiro atoms. The Morgan fingerprint density at radius 3 is 2.69 bits per heavy atom. The molecule has 0 aromatic heterocycles. The smallest absolute Gasteiger partial charge is 0.326 e. The molecule has 13 heavy (non-hydrogen) atoms. The summed E-state index contributed by atoms with van der Waals surface area (Å²) in [5.41, 5.74) is 0. The SMILES string of the molecule is O=C(O)[C@@H]1CCC(=O)N1C(=O)CCl. The van der Waals surface area contributed by atoms with E-state index in [2.05, 4.69) is 0 Å². The van der Waals surface area contributed by atoms with Crippen LogP contribution in [0.1, 0.15) is 12.8 Å². The molecule has 0 aromatic rings. The standard InChI is InChI=1S/C7H8ClNO4/c8-3-6(11)9-4(7(12)13)1-2-5(9)10/h4H,1-3H2,(H,12,13)/t4-/m0/s1. The van der Waals surface area contributed by atoms with Gasteiger partial charge in [0.15, 0.2) is 0 Å². The van der Waals surface area contributed by atoms with Crippen molar-refractivity contribution in [1.82, 2.24) is 4.90 Å². The van der Waals surface area contributed by atoms with Crippen LogP contribution in [0.15, 0.2) is 0 Å². The number of nitrogens with zero attached hydrogens (tertiary/aromatic N) is 1. The second-order valence-corrected chi connectivity index (χ2v) is 2.95. The maximum atomic E-state index is 11.1. The molecule has 6 heteroatoms. The van der Waals surface area contributed by atoms with Gasteiger partial charge in [-0.3, -0.25) is 14.5 Å². The second kappa shape index (κ2) is 3.74. The van der Waals surface area contributed by atoms with Crippen LogP contribution in [0, 0.1) is 0 Å². The minimum absolute atomic E-state index is 0.0968. The Morgan fingerprint density at radius 2 is 2.23 bits per heavy atom. The fourth-order valence-electron chi connectivity index (χ4n) is 1.29. The van der Waals surface area contributed by atoms with Crippen LogP contribution in [-0.4, -0.2) is 39.7 Å². The fourth-order valence-corrected chi connectivity index (χ4v) is 1.42. The molecule has 2 amide bonds. The Morgan fingerprint density at radius 1 is 1.62 bits per heavy atom. The van der Waals surface area contributed by atoms with Crippen molar-refractivity contribution in [2.75, 3.05) is 5.88 Å². The summed E-state index contributed by atoms with van der Waals surface area (Å²) in [6, 6.07) is -1.03. The Kier molecular flexibility index (Phi) is 2.87. The first-order chi connectivity index (χ1) is 6.07. The van der Waals surface area contributed by atoms with E-state index in [1.165, 1.54) is 0 Å². The first-order valence-electron chi connectivity index (χ1n) is 3.71. The number of alkyl halides is 1. The predicted molar refractivity (Wildman–Crippen MR) is 43.2 cm³/mol. The number of carbonyl (C=O) groups is 3. The third kappa shape index (κ3) is 1.80. The molecule has 0 radical (unpaired) electrons. The Balaban J connectivity index is 2.83. The van der Waals surface area contributed by atoms with Gasteiger partial charge in [0.2, 0.25) is 11.8 Å². The molecular formula is C7H8ClNO4. The number of carboxylic acids is 1.